The molecule has 182 valence electrons. The number of nitrogens with one attached hydrogen (secondary N) is 2. The van der Waals surface area contributed by atoms with Crippen molar-refractivity contribution in [2.45, 2.75) is 25.4 Å². The highest BCUT2D eigenvalue weighted by atomic mass is 16.5. The van der Waals surface area contributed by atoms with Gasteiger partial charge in [0.15, 0.2) is 11.5 Å². The first-order chi connectivity index (χ1) is 17.6. The van der Waals surface area contributed by atoms with Gasteiger partial charge in [0, 0.05) is 29.2 Å². The van der Waals surface area contributed by atoms with Crippen molar-refractivity contribution < 1.29 is 14.6 Å². The lowest BCUT2D eigenvalue weighted by Crippen LogP contribution is -2.44. The van der Waals surface area contributed by atoms with Gasteiger partial charge in [0.25, 0.3) is 0 Å². The number of aliphatic hydroxyl groups is 1. The van der Waals surface area contributed by atoms with Gasteiger partial charge in [0.05, 0.1) is 12.1 Å². The molecule has 0 amide bonds. The van der Waals surface area contributed by atoms with Crippen LogP contribution in [0.25, 0.3) is 10.9 Å². The van der Waals surface area contributed by atoms with E-state index in [-0.39, 0.29) is 0 Å². The van der Waals surface area contributed by atoms with Crippen LogP contribution in [0.3, 0.4) is 0 Å². The highest BCUT2D eigenvalue weighted by Crippen LogP contribution is 2.35. The molecule has 1 aliphatic rings. The van der Waals surface area contributed by atoms with E-state index in [2.05, 4.69) is 32.4 Å². The summed E-state index contributed by atoms with van der Waals surface area (Å²) in [4.78, 5) is 8.86. The summed E-state index contributed by atoms with van der Waals surface area (Å²) in [5.41, 5.74) is 1.39. The maximum Gasteiger partial charge on any atom is 0.169 e. The van der Waals surface area contributed by atoms with E-state index in [0.29, 0.717) is 36.9 Å². The van der Waals surface area contributed by atoms with Crippen LogP contribution in [0.1, 0.15) is 25.3 Å². The second kappa shape index (κ2) is 10.6. The minimum Gasteiger partial charge on any atom is -0.490 e. The number of ether oxygens (including phenoxy) is 2. The maximum atomic E-state index is 10.7. The van der Waals surface area contributed by atoms with Crippen molar-refractivity contribution in [3.05, 3.63) is 78.6 Å². The molecule has 5 rings (SSSR count). The van der Waals surface area contributed by atoms with E-state index in [1.165, 1.54) is 6.33 Å². The summed E-state index contributed by atoms with van der Waals surface area (Å²) in [7, 11) is 0. The summed E-state index contributed by atoms with van der Waals surface area (Å²) >= 11 is 0. The smallest absolute Gasteiger partial charge is 0.169 e. The maximum absolute atomic E-state index is 10.7. The number of piperidine rings is 1. The van der Waals surface area contributed by atoms with Crippen LogP contribution < -0.4 is 20.1 Å². The number of rotatable bonds is 6. The summed E-state index contributed by atoms with van der Waals surface area (Å²) in [5.74, 6) is 8.84. The molecule has 1 saturated heterocycles. The van der Waals surface area contributed by atoms with Gasteiger partial charge in [0.1, 0.15) is 23.5 Å². The van der Waals surface area contributed by atoms with E-state index in [1.807, 2.05) is 73.7 Å². The van der Waals surface area contributed by atoms with Gasteiger partial charge in [-0.15, -0.1) is 0 Å². The molecule has 2 heterocycles. The van der Waals surface area contributed by atoms with Crippen molar-refractivity contribution >= 4 is 22.4 Å². The Morgan fingerprint density at radius 1 is 1.06 bits per heavy atom. The first kappa shape index (κ1) is 23.6. The Labute approximate surface area is 210 Å². The fourth-order valence-electron chi connectivity index (χ4n) is 4.11. The second-order valence-electron chi connectivity index (χ2n) is 8.65. The Kier molecular flexibility index (Phi) is 6.99. The van der Waals surface area contributed by atoms with E-state index < -0.39 is 5.60 Å². The van der Waals surface area contributed by atoms with Crippen molar-refractivity contribution in [1.29, 1.82) is 0 Å². The summed E-state index contributed by atoms with van der Waals surface area (Å²) in [6, 6.07) is 21.1. The van der Waals surface area contributed by atoms with Crippen LogP contribution in [0.5, 0.6) is 17.2 Å². The van der Waals surface area contributed by atoms with E-state index in [9.17, 15) is 5.11 Å². The molecule has 7 heteroatoms. The first-order valence-corrected chi connectivity index (χ1v) is 12.1. The van der Waals surface area contributed by atoms with Crippen molar-refractivity contribution in [1.82, 2.24) is 15.3 Å². The molecule has 3 N–H and O–H groups in total. The van der Waals surface area contributed by atoms with Gasteiger partial charge in [-0.2, -0.15) is 0 Å². The molecule has 0 saturated carbocycles. The molecule has 7 nitrogen and oxygen atoms in total. The number of aromatic nitrogens is 2. The summed E-state index contributed by atoms with van der Waals surface area (Å²) in [6.07, 6.45) is 3.11. The largest absolute Gasteiger partial charge is 0.490 e. The van der Waals surface area contributed by atoms with E-state index >= 15 is 0 Å². The van der Waals surface area contributed by atoms with Crippen molar-refractivity contribution in [2.75, 3.05) is 25.0 Å². The molecule has 1 aromatic heterocycles. The average Bonchev–Trinajstić information content (AvgIpc) is 2.90. The quantitative estimate of drug-likeness (QED) is 0.334. The lowest BCUT2D eigenvalue weighted by molar-refractivity contribution is 0.0736. The van der Waals surface area contributed by atoms with Crippen molar-refractivity contribution in [3.63, 3.8) is 0 Å². The van der Waals surface area contributed by atoms with Crippen LogP contribution in [-0.4, -0.2) is 40.4 Å². The lowest BCUT2D eigenvalue weighted by atomic mass is 9.94. The third kappa shape index (κ3) is 5.57. The Morgan fingerprint density at radius 2 is 1.94 bits per heavy atom. The van der Waals surface area contributed by atoms with Crippen molar-refractivity contribution in [3.8, 4) is 29.1 Å². The predicted octanol–water partition coefficient (Wildman–Crippen LogP) is 5.03. The third-order valence-corrected chi connectivity index (χ3v) is 5.91. The van der Waals surface area contributed by atoms with Gasteiger partial charge in [-0.05, 0) is 68.8 Å². The van der Waals surface area contributed by atoms with Crippen LogP contribution in [0.4, 0.5) is 11.5 Å². The van der Waals surface area contributed by atoms with Gasteiger partial charge >= 0.3 is 0 Å². The normalized spacial score (nSPS) is 17.2. The van der Waals surface area contributed by atoms with Gasteiger partial charge in [-0.25, -0.2) is 9.97 Å². The molecule has 1 aliphatic heterocycles. The van der Waals surface area contributed by atoms with E-state index in [1.54, 1.807) is 0 Å². The standard InChI is InChI=1S/C29H28N4O3/c1-2-35-27-18-22(10-12-26(27)36-23-7-4-3-5-8-23)33-28-24-17-21(9-11-25(24)31-20-32-28)13-15-29(34)14-6-16-30-19-29/h3-5,7-12,17-18,20,30,34H,2,6,14,16,19H2,1H3,(H,31,32,33). The number of hydrogen-bond acceptors (Lipinski definition) is 7. The molecular weight excluding hydrogens is 452 g/mol. The molecule has 4 aromatic rings. The first-order valence-electron chi connectivity index (χ1n) is 12.1. The lowest BCUT2D eigenvalue weighted by Gasteiger charge is -2.27. The predicted molar refractivity (Wildman–Crippen MR) is 141 cm³/mol. The number of anilines is 2. The van der Waals surface area contributed by atoms with E-state index in [4.69, 9.17) is 9.47 Å². The number of β-amino-alcohol motifs (C(OH)–C–C–N with tert-alkyl or cyclic N) is 1. The molecule has 36 heavy (non-hydrogen) atoms. The number of fused-ring (bicyclic) bond motifs is 1. The van der Waals surface area contributed by atoms with Crippen LogP contribution in [0, 0.1) is 11.8 Å². The molecule has 1 unspecified atom stereocenters. The van der Waals surface area contributed by atoms with Crippen molar-refractivity contribution in [2.24, 2.45) is 0 Å². The summed E-state index contributed by atoms with van der Waals surface area (Å²) < 4.78 is 11.9. The monoisotopic (exact) mass is 480 g/mol. The highest BCUT2D eigenvalue weighted by molar-refractivity contribution is 5.91. The number of nitrogens with zero attached hydrogens (tertiary/aromatic N) is 2. The van der Waals surface area contributed by atoms with Gasteiger partial charge < -0.3 is 25.2 Å². The molecule has 3 aromatic carbocycles. The minimum absolute atomic E-state index is 0.482. The number of hydrogen-bond donors (Lipinski definition) is 3. The van der Waals surface area contributed by atoms with Crippen LogP contribution in [0.2, 0.25) is 0 Å². The average molecular weight is 481 g/mol. The number of benzene rings is 3. The molecular formula is C29H28N4O3. The zero-order valence-corrected chi connectivity index (χ0v) is 20.1. The Hall–Kier alpha value is -4.12. The SMILES string of the molecule is CCOc1cc(Nc2ncnc3ccc(C#CC4(O)CCCNC4)cc23)ccc1Oc1ccccc1. The Bertz CT molecular complexity index is 1410. The Morgan fingerprint density at radius 3 is 2.75 bits per heavy atom. The van der Waals surface area contributed by atoms with Gasteiger partial charge in [-0.1, -0.05) is 30.0 Å². The molecule has 0 aliphatic carbocycles. The molecule has 0 spiro atoms. The zero-order valence-electron chi connectivity index (χ0n) is 20.1. The molecule has 0 radical (unpaired) electrons. The third-order valence-electron chi connectivity index (χ3n) is 5.91. The van der Waals surface area contributed by atoms with Gasteiger partial charge in [-0.3, -0.25) is 0 Å². The number of para-hydroxylation sites is 1. The summed E-state index contributed by atoms with van der Waals surface area (Å²) in [6.45, 7) is 3.84. The molecule has 1 atom stereocenters. The Balaban J connectivity index is 1.42. The fourth-order valence-corrected chi connectivity index (χ4v) is 4.11. The highest BCUT2D eigenvalue weighted by Gasteiger charge is 2.26. The minimum atomic E-state index is -0.999. The summed E-state index contributed by atoms with van der Waals surface area (Å²) in [5, 5.41) is 18.1. The van der Waals surface area contributed by atoms with Crippen LogP contribution in [-0.2, 0) is 0 Å². The second-order valence-corrected chi connectivity index (χ2v) is 8.65. The fraction of sp³-hybridized carbons (Fsp3) is 0.241. The molecule has 0 bridgehead atoms. The van der Waals surface area contributed by atoms with E-state index in [0.717, 1.165) is 40.9 Å². The topological polar surface area (TPSA) is 88.5 Å². The zero-order chi connectivity index (χ0) is 24.8. The van der Waals surface area contributed by atoms with Crippen LogP contribution >= 0.6 is 0 Å². The van der Waals surface area contributed by atoms with Gasteiger partial charge in [0.2, 0.25) is 0 Å². The van der Waals surface area contributed by atoms with Crippen LogP contribution in [0.15, 0.2) is 73.1 Å². The molecule has 1 fully saturated rings.